The lowest BCUT2D eigenvalue weighted by molar-refractivity contribution is -0.130. The first-order chi connectivity index (χ1) is 13.7. The molecule has 1 unspecified atom stereocenters. The highest BCUT2D eigenvalue weighted by Gasteiger charge is 2.23. The van der Waals surface area contributed by atoms with Crippen molar-refractivity contribution in [2.45, 2.75) is 38.3 Å². The van der Waals surface area contributed by atoms with E-state index < -0.39 is 0 Å². The zero-order valence-corrected chi connectivity index (χ0v) is 16.3. The van der Waals surface area contributed by atoms with E-state index in [1.54, 1.807) is 7.11 Å². The van der Waals surface area contributed by atoms with Gasteiger partial charge in [-0.25, -0.2) is 4.98 Å². The van der Waals surface area contributed by atoms with Crippen LogP contribution in [0.3, 0.4) is 0 Å². The number of carbonyl (C=O) groups is 2. The number of ether oxygens (including phenoxy) is 2. The van der Waals surface area contributed by atoms with Crippen LogP contribution in [0, 0.1) is 0 Å². The molecule has 1 aromatic heterocycles. The summed E-state index contributed by atoms with van der Waals surface area (Å²) in [6, 6.07) is 7.74. The number of imidazole rings is 1. The minimum Gasteiger partial charge on any atom is -0.385 e. The SMILES string of the molecule is COCCCNC(=O)Cn1c(CCNC(=O)C2CCCO2)nc2ccccc21. The number of methoxy groups -OCH3 is 1. The number of para-hydroxylation sites is 2. The molecule has 1 aliphatic rings. The van der Waals surface area contributed by atoms with Gasteiger partial charge in [-0.05, 0) is 31.4 Å². The van der Waals surface area contributed by atoms with Crippen molar-refractivity contribution in [2.75, 3.05) is 33.4 Å². The van der Waals surface area contributed by atoms with Gasteiger partial charge in [0.15, 0.2) is 0 Å². The first-order valence-electron chi connectivity index (χ1n) is 9.78. The van der Waals surface area contributed by atoms with Crippen molar-refractivity contribution in [3.05, 3.63) is 30.1 Å². The number of nitrogens with one attached hydrogen (secondary N) is 2. The van der Waals surface area contributed by atoms with Crippen LogP contribution in [0.5, 0.6) is 0 Å². The van der Waals surface area contributed by atoms with Gasteiger partial charge < -0.3 is 24.7 Å². The van der Waals surface area contributed by atoms with E-state index in [4.69, 9.17) is 9.47 Å². The fourth-order valence-electron chi connectivity index (χ4n) is 3.33. The third-order valence-electron chi connectivity index (χ3n) is 4.75. The average molecular weight is 388 g/mol. The Balaban J connectivity index is 1.61. The zero-order valence-electron chi connectivity index (χ0n) is 16.3. The number of rotatable bonds is 10. The topological polar surface area (TPSA) is 94.5 Å². The molecule has 0 spiro atoms. The molecular formula is C20H28N4O4. The number of amides is 2. The van der Waals surface area contributed by atoms with Crippen molar-refractivity contribution in [3.63, 3.8) is 0 Å². The third kappa shape index (κ3) is 5.30. The smallest absolute Gasteiger partial charge is 0.249 e. The van der Waals surface area contributed by atoms with Crippen LogP contribution < -0.4 is 10.6 Å². The van der Waals surface area contributed by atoms with E-state index in [0.29, 0.717) is 32.7 Å². The molecule has 3 rings (SSSR count). The Morgan fingerprint density at radius 3 is 2.93 bits per heavy atom. The molecule has 1 aromatic carbocycles. The second-order valence-corrected chi connectivity index (χ2v) is 6.84. The zero-order chi connectivity index (χ0) is 19.8. The van der Waals surface area contributed by atoms with Gasteiger partial charge in [0.2, 0.25) is 11.8 Å². The van der Waals surface area contributed by atoms with Crippen LogP contribution in [0.15, 0.2) is 24.3 Å². The predicted octanol–water partition coefficient (Wildman–Crippen LogP) is 1.03. The van der Waals surface area contributed by atoms with Crippen molar-refractivity contribution in [1.29, 1.82) is 0 Å². The van der Waals surface area contributed by atoms with Gasteiger partial charge in [-0.3, -0.25) is 9.59 Å². The van der Waals surface area contributed by atoms with Crippen LogP contribution in [-0.4, -0.2) is 60.9 Å². The summed E-state index contributed by atoms with van der Waals surface area (Å²) in [5.74, 6) is 0.640. The summed E-state index contributed by atoms with van der Waals surface area (Å²) < 4.78 is 12.3. The molecule has 0 aliphatic carbocycles. The maximum Gasteiger partial charge on any atom is 0.249 e. The second kappa shape index (κ2) is 10.2. The van der Waals surface area contributed by atoms with E-state index in [2.05, 4.69) is 15.6 Å². The lowest BCUT2D eigenvalue weighted by Gasteiger charge is -2.12. The van der Waals surface area contributed by atoms with Gasteiger partial charge in [-0.15, -0.1) is 0 Å². The molecule has 28 heavy (non-hydrogen) atoms. The first kappa shape index (κ1) is 20.3. The van der Waals surface area contributed by atoms with Gasteiger partial charge >= 0.3 is 0 Å². The van der Waals surface area contributed by atoms with Gasteiger partial charge in [0.1, 0.15) is 18.5 Å². The maximum absolute atomic E-state index is 12.3. The fourth-order valence-corrected chi connectivity index (χ4v) is 3.33. The molecule has 0 saturated carbocycles. The van der Waals surface area contributed by atoms with Gasteiger partial charge in [-0.1, -0.05) is 12.1 Å². The minimum atomic E-state index is -0.336. The highest BCUT2D eigenvalue weighted by molar-refractivity contribution is 5.82. The Kier molecular flexibility index (Phi) is 7.39. The molecule has 0 bridgehead atoms. The van der Waals surface area contributed by atoms with Gasteiger partial charge in [0.25, 0.3) is 0 Å². The summed E-state index contributed by atoms with van der Waals surface area (Å²) in [5.41, 5.74) is 1.75. The second-order valence-electron chi connectivity index (χ2n) is 6.84. The number of fused-ring (bicyclic) bond motifs is 1. The van der Waals surface area contributed by atoms with Gasteiger partial charge in [0, 0.05) is 39.8 Å². The number of benzene rings is 1. The number of nitrogens with zero attached hydrogens (tertiary/aromatic N) is 2. The Morgan fingerprint density at radius 1 is 1.29 bits per heavy atom. The number of carbonyl (C=O) groups excluding carboxylic acids is 2. The van der Waals surface area contributed by atoms with Crippen molar-refractivity contribution < 1.29 is 19.1 Å². The molecule has 8 nitrogen and oxygen atoms in total. The van der Waals surface area contributed by atoms with E-state index in [1.165, 1.54) is 0 Å². The van der Waals surface area contributed by atoms with Crippen LogP contribution in [0.2, 0.25) is 0 Å². The average Bonchev–Trinajstić information content (AvgIpc) is 3.34. The van der Waals surface area contributed by atoms with Crippen LogP contribution in [0.4, 0.5) is 0 Å². The van der Waals surface area contributed by atoms with E-state index in [-0.39, 0.29) is 24.5 Å². The molecule has 1 atom stereocenters. The Labute approximate surface area is 164 Å². The summed E-state index contributed by atoms with van der Waals surface area (Å²) in [6.45, 7) is 2.49. The Morgan fingerprint density at radius 2 is 2.14 bits per heavy atom. The maximum atomic E-state index is 12.3. The fraction of sp³-hybridized carbons (Fsp3) is 0.550. The largest absolute Gasteiger partial charge is 0.385 e. The minimum absolute atomic E-state index is 0.0658. The van der Waals surface area contributed by atoms with Gasteiger partial charge in [-0.2, -0.15) is 0 Å². The molecular weight excluding hydrogens is 360 g/mol. The first-order valence-corrected chi connectivity index (χ1v) is 9.78. The molecule has 0 radical (unpaired) electrons. The van der Waals surface area contributed by atoms with E-state index in [0.717, 1.165) is 36.1 Å². The molecule has 2 amide bonds. The van der Waals surface area contributed by atoms with E-state index in [1.807, 2.05) is 28.8 Å². The monoisotopic (exact) mass is 388 g/mol. The molecule has 1 fully saturated rings. The summed E-state index contributed by atoms with van der Waals surface area (Å²) in [4.78, 5) is 29.1. The summed E-state index contributed by atoms with van der Waals surface area (Å²) >= 11 is 0. The lowest BCUT2D eigenvalue weighted by atomic mass is 10.2. The van der Waals surface area contributed by atoms with Crippen molar-refractivity contribution in [1.82, 2.24) is 20.2 Å². The highest BCUT2D eigenvalue weighted by Crippen LogP contribution is 2.16. The molecule has 2 heterocycles. The predicted molar refractivity (Wildman–Crippen MR) is 105 cm³/mol. The van der Waals surface area contributed by atoms with Crippen LogP contribution >= 0.6 is 0 Å². The molecule has 2 N–H and O–H groups in total. The lowest BCUT2D eigenvalue weighted by Crippen LogP contribution is -2.35. The molecule has 1 saturated heterocycles. The van der Waals surface area contributed by atoms with E-state index >= 15 is 0 Å². The van der Waals surface area contributed by atoms with E-state index in [9.17, 15) is 9.59 Å². The van der Waals surface area contributed by atoms with Crippen molar-refractivity contribution in [3.8, 4) is 0 Å². The molecule has 1 aliphatic heterocycles. The van der Waals surface area contributed by atoms with Gasteiger partial charge in [0.05, 0.1) is 11.0 Å². The van der Waals surface area contributed by atoms with Crippen LogP contribution in [-0.2, 0) is 32.0 Å². The number of aromatic nitrogens is 2. The van der Waals surface area contributed by atoms with Crippen LogP contribution in [0.1, 0.15) is 25.1 Å². The summed E-state index contributed by atoms with van der Waals surface area (Å²) in [7, 11) is 1.64. The molecule has 8 heteroatoms. The summed E-state index contributed by atoms with van der Waals surface area (Å²) in [6.07, 6.45) is 2.68. The molecule has 2 aromatic rings. The normalized spacial score (nSPS) is 16.4. The standard InChI is InChI=1S/C20H28N4O4/c1-27-12-5-10-21-19(25)14-24-16-7-3-2-6-15(16)23-18(24)9-11-22-20(26)17-8-4-13-28-17/h2-3,6-7,17H,4-5,8-14H2,1H3,(H,21,25)(H,22,26). The number of hydrogen-bond donors (Lipinski definition) is 2. The number of hydrogen-bond acceptors (Lipinski definition) is 5. The summed E-state index contributed by atoms with van der Waals surface area (Å²) in [5, 5.41) is 5.82. The van der Waals surface area contributed by atoms with Crippen molar-refractivity contribution >= 4 is 22.8 Å². The Hall–Kier alpha value is -2.45. The van der Waals surface area contributed by atoms with Crippen LogP contribution in [0.25, 0.3) is 11.0 Å². The highest BCUT2D eigenvalue weighted by atomic mass is 16.5. The third-order valence-corrected chi connectivity index (χ3v) is 4.75. The molecule has 152 valence electrons. The van der Waals surface area contributed by atoms with Crippen molar-refractivity contribution in [2.24, 2.45) is 0 Å². The Bertz CT molecular complexity index is 799. The quantitative estimate of drug-likeness (QED) is 0.593.